The van der Waals surface area contributed by atoms with E-state index in [1.54, 1.807) is 48.3 Å². The van der Waals surface area contributed by atoms with E-state index >= 15 is 0 Å². The summed E-state index contributed by atoms with van der Waals surface area (Å²) in [6, 6.07) is 9.41. The van der Waals surface area contributed by atoms with Crippen molar-refractivity contribution in [2.24, 2.45) is 5.92 Å². The number of ether oxygens (including phenoxy) is 1. The molecule has 0 bridgehead atoms. The van der Waals surface area contributed by atoms with Gasteiger partial charge in [-0.05, 0) is 68.4 Å². The summed E-state index contributed by atoms with van der Waals surface area (Å²) in [7, 11) is 1.57. The molecule has 3 aliphatic rings. The summed E-state index contributed by atoms with van der Waals surface area (Å²) in [6.45, 7) is 4.19. The van der Waals surface area contributed by atoms with Gasteiger partial charge in [-0.15, -0.1) is 0 Å². The predicted octanol–water partition coefficient (Wildman–Crippen LogP) is 2.77. The van der Waals surface area contributed by atoms with Gasteiger partial charge in [0.1, 0.15) is 17.3 Å². The number of carbonyl (C=O) groups excluding carboxylic acids is 3. The van der Waals surface area contributed by atoms with Gasteiger partial charge in [0.25, 0.3) is 12.1 Å². The fraction of sp³-hybridized carbons (Fsp3) is 0.576. The van der Waals surface area contributed by atoms with Crippen LogP contribution in [0, 0.1) is 5.92 Å². The smallest absolute Gasteiger partial charge is 0.264 e. The second-order valence-electron chi connectivity index (χ2n) is 12.4. The Kier molecular flexibility index (Phi) is 10.1. The van der Waals surface area contributed by atoms with Crippen molar-refractivity contribution < 1.29 is 34.2 Å². The van der Waals surface area contributed by atoms with E-state index in [-0.39, 0.29) is 23.6 Å². The molecule has 1 aliphatic carbocycles. The Morgan fingerprint density at radius 2 is 1.77 bits per heavy atom. The molecular weight excluding hydrogens is 562 g/mol. The van der Waals surface area contributed by atoms with Crippen LogP contribution >= 0.6 is 0 Å². The van der Waals surface area contributed by atoms with Crippen LogP contribution in [0.3, 0.4) is 0 Å². The van der Waals surface area contributed by atoms with E-state index in [4.69, 9.17) is 4.74 Å². The second-order valence-corrected chi connectivity index (χ2v) is 12.4. The number of nitrogens with one attached hydrogen (secondary N) is 2. The summed E-state index contributed by atoms with van der Waals surface area (Å²) in [4.78, 5) is 43.3. The molecule has 5 rings (SSSR count). The normalized spacial score (nSPS) is 21.6. The molecule has 44 heavy (non-hydrogen) atoms. The van der Waals surface area contributed by atoms with Gasteiger partial charge in [-0.2, -0.15) is 0 Å². The standard InChI is InChI=1S/C33H45N5O6/c1-3-4-18-37-31(41)28(29(39)23-8-6-5-7-9-23)35-32(42)33(37)16-19-36(20-17-33)21-25-12-15-27(22-38(25)43)44-26-13-10-24(11-14-26)30(40)34-2/h10-15,22-23,28-29,39H,3-9,16-21H2,1-2H3,(H2-,34,35,40,42,43)/p+1/t28-,29-/m1/s1. The molecule has 3 amide bonds. The molecule has 0 unspecified atom stereocenters. The Morgan fingerprint density at radius 1 is 1.09 bits per heavy atom. The van der Waals surface area contributed by atoms with Crippen LogP contribution in [-0.2, 0) is 16.1 Å². The lowest BCUT2D eigenvalue weighted by Gasteiger charge is -2.52. The topological polar surface area (TPSA) is 135 Å². The minimum Gasteiger partial charge on any atom is -0.451 e. The van der Waals surface area contributed by atoms with Gasteiger partial charge in [-0.1, -0.05) is 32.6 Å². The summed E-state index contributed by atoms with van der Waals surface area (Å²) in [5.41, 5.74) is 0.258. The quantitative estimate of drug-likeness (QED) is 0.241. The van der Waals surface area contributed by atoms with E-state index in [0.717, 1.165) is 49.7 Å². The van der Waals surface area contributed by atoms with E-state index < -0.39 is 17.7 Å². The zero-order chi connectivity index (χ0) is 31.3. The van der Waals surface area contributed by atoms with Gasteiger partial charge in [-0.3, -0.25) is 24.5 Å². The highest BCUT2D eigenvalue weighted by Crippen LogP contribution is 2.36. The molecule has 4 N–H and O–H groups in total. The number of piperazine rings is 1. The van der Waals surface area contributed by atoms with Crippen LogP contribution < -0.4 is 20.1 Å². The molecule has 2 atom stereocenters. The van der Waals surface area contributed by atoms with Crippen molar-refractivity contribution in [2.45, 2.75) is 88.9 Å². The third-order valence-electron chi connectivity index (χ3n) is 9.60. The molecule has 1 aromatic heterocycles. The molecule has 1 aromatic carbocycles. The fourth-order valence-corrected chi connectivity index (χ4v) is 6.91. The first-order valence-corrected chi connectivity index (χ1v) is 16.0. The van der Waals surface area contributed by atoms with Crippen molar-refractivity contribution >= 4 is 17.7 Å². The molecule has 238 valence electrons. The Bertz CT molecular complexity index is 1320. The molecule has 11 heteroatoms. The fourth-order valence-electron chi connectivity index (χ4n) is 6.91. The minimum absolute atomic E-state index is 0.0402. The molecule has 0 radical (unpaired) electrons. The van der Waals surface area contributed by atoms with Gasteiger partial charge in [-0.25, -0.2) is 0 Å². The highest BCUT2D eigenvalue weighted by molar-refractivity contribution is 6.00. The molecule has 11 nitrogen and oxygen atoms in total. The highest BCUT2D eigenvalue weighted by atomic mass is 16.5. The lowest BCUT2D eigenvalue weighted by atomic mass is 9.78. The lowest BCUT2D eigenvalue weighted by Crippen LogP contribution is -2.75. The lowest BCUT2D eigenvalue weighted by molar-refractivity contribution is -0.910. The number of likely N-dealkylation sites (tertiary alicyclic amines) is 1. The average Bonchev–Trinajstić information content (AvgIpc) is 3.05. The Morgan fingerprint density at radius 3 is 2.41 bits per heavy atom. The Labute approximate surface area is 259 Å². The number of unbranched alkanes of at least 4 members (excludes halogenated alkanes) is 1. The van der Waals surface area contributed by atoms with Gasteiger partial charge in [0.15, 0.2) is 5.75 Å². The first-order valence-electron chi connectivity index (χ1n) is 16.0. The number of pyridine rings is 1. The summed E-state index contributed by atoms with van der Waals surface area (Å²) < 4.78 is 6.89. The van der Waals surface area contributed by atoms with Gasteiger partial charge >= 0.3 is 0 Å². The second kappa shape index (κ2) is 13.9. The van der Waals surface area contributed by atoms with E-state index in [1.165, 1.54) is 6.20 Å². The zero-order valence-corrected chi connectivity index (χ0v) is 25.8. The van der Waals surface area contributed by atoms with Crippen LogP contribution in [0.2, 0.25) is 0 Å². The number of carbonyl (C=O) groups is 3. The highest BCUT2D eigenvalue weighted by Gasteiger charge is 2.55. The maximum Gasteiger partial charge on any atom is 0.264 e. The van der Waals surface area contributed by atoms with Crippen LogP contribution in [0.15, 0.2) is 42.6 Å². The van der Waals surface area contributed by atoms with Crippen molar-refractivity contribution in [1.82, 2.24) is 20.4 Å². The summed E-state index contributed by atoms with van der Waals surface area (Å²) in [6.07, 6.45) is 8.34. The molecule has 3 fully saturated rings. The maximum absolute atomic E-state index is 13.8. The van der Waals surface area contributed by atoms with Gasteiger partial charge in [0, 0.05) is 43.0 Å². The van der Waals surface area contributed by atoms with E-state index in [2.05, 4.69) is 22.5 Å². The van der Waals surface area contributed by atoms with Crippen LogP contribution in [-0.4, -0.2) is 82.2 Å². The number of rotatable bonds is 10. The first kappa shape index (κ1) is 31.7. The minimum atomic E-state index is -0.925. The third-order valence-corrected chi connectivity index (χ3v) is 9.60. The van der Waals surface area contributed by atoms with Crippen LogP contribution in [0.5, 0.6) is 11.5 Å². The molecule has 2 aromatic rings. The van der Waals surface area contributed by atoms with E-state index in [1.807, 2.05) is 0 Å². The van der Waals surface area contributed by atoms with Crippen molar-refractivity contribution in [2.75, 3.05) is 26.7 Å². The van der Waals surface area contributed by atoms with Crippen LogP contribution in [0.1, 0.15) is 80.8 Å². The number of nitrogens with zero attached hydrogens (tertiary/aromatic N) is 3. The maximum atomic E-state index is 13.8. The van der Waals surface area contributed by atoms with Crippen LogP contribution in [0.25, 0.3) is 0 Å². The molecule has 2 aliphatic heterocycles. The van der Waals surface area contributed by atoms with E-state index in [0.29, 0.717) is 61.8 Å². The van der Waals surface area contributed by atoms with Crippen molar-refractivity contribution in [1.29, 1.82) is 0 Å². The summed E-state index contributed by atoms with van der Waals surface area (Å²) in [5, 5.41) is 27.4. The van der Waals surface area contributed by atoms with Crippen molar-refractivity contribution in [3.8, 4) is 11.5 Å². The Hall–Kier alpha value is -3.70. The predicted molar refractivity (Wildman–Crippen MR) is 162 cm³/mol. The molecule has 2 saturated heterocycles. The first-order chi connectivity index (χ1) is 21.3. The van der Waals surface area contributed by atoms with Gasteiger partial charge in [0.2, 0.25) is 17.5 Å². The molecule has 1 saturated carbocycles. The SMILES string of the molecule is CCCCN1C(=O)[C@@H]([C@H](O)C2CCCCC2)NC(=O)C12CCN(Cc1ccc(Oc3ccc(C(=O)NC)cc3)c[n+]1O)CC2. The molecular formula is C33H46N5O6+. The number of amides is 3. The largest absolute Gasteiger partial charge is 0.451 e. The van der Waals surface area contributed by atoms with E-state index in [9.17, 15) is 24.7 Å². The zero-order valence-electron chi connectivity index (χ0n) is 25.8. The molecule has 3 heterocycles. The van der Waals surface area contributed by atoms with Gasteiger partial charge in [0.05, 0.1) is 12.6 Å². The Balaban J connectivity index is 1.22. The molecule has 1 spiro atoms. The monoisotopic (exact) mass is 608 g/mol. The third kappa shape index (κ3) is 6.68. The summed E-state index contributed by atoms with van der Waals surface area (Å²) >= 11 is 0. The number of aromatic nitrogens is 1. The van der Waals surface area contributed by atoms with Crippen molar-refractivity contribution in [3.63, 3.8) is 0 Å². The van der Waals surface area contributed by atoms with Crippen LogP contribution in [0.4, 0.5) is 0 Å². The number of benzene rings is 1. The number of piperidine rings is 1. The number of hydrogen-bond acceptors (Lipinski definition) is 7. The van der Waals surface area contributed by atoms with Crippen molar-refractivity contribution in [3.05, 3.63) is 53.9 Å². The summed E-state index contributed by atoms with van der Waals surface area (Å²) in [5.74, 6) is 0.522. The average molecular weight is 609 g/mol. The van der Waals surface area contributed by atoms with Gasteiger partial charge < -0.3 is 25.4 Å². The number of hydrogen-bond donors (Lipinski definition) is 4. The number of aliphatic hydroxyl groups is 1. The number of aliphatic hydroxyl groups excluding tert-OH is 1.